The number of nitrogens with one attached hydrogen (secondary N) is 1. The predicted octanol–water partition coefficient (Wildman–Crippen LogP) is 2.29. The average Bonchev–Trinajstić information content (AvgIpc) is 2.49. The molecule has 2 aromatic rings. The molecule has 20 heavy (non-hydrogen) atoms. The van der Waals surface area contributed by atoms with Gasteiger partial charge in [-0.15, -0.1) is 0 Å². The Morgan fingerprint density at radius 2 is 1.70 bits per heavy atom. The van der Waals surface area contributed by atoms with Crippen LogP contribution in [0.2, 0.25) is 0 Å². The van der Waals surface area contributed by atoms with Gasteiger partial charge in [0.1, 0.15) is 13.2 Å². The molecule has 1 aliphatic heterocycles. The number of amides is 1. The number of rotatable bonds is 2. The van der Waals surface area contributed by atoms with Gasteiger partial charge in [0.25, 0.3) is 5.91 Å². The Kier molecular flexibility index (Phi) is 3.16. The largest absolute Gasteiger partial charge is 0.486 e. The van der Waals surface area contributed by atoms with Crippen molar-refractivity contribution in [3.63, 3.8) is 0 Å². The van der Waals surface area contributed by atoms with E-state index in [-0.39, 0.29) is 5.91 Å². The molecule has 3 N–H and O–H groups in total. The third kappa shape index (κ3) is 2.38. The molecule has 0 saturated carbocycles. The number of carbonyl (C=O) groups excluding carboxylic acids is 1. The lowest BCUT2D eigenvalue weighted by atomic mass is 10.2. The molecule has 0 bridgehead atoms. The second-order valence-corrected chi connectivity index (χ2v) is 4.40. The van der Waals surface area contributed by atoms with Gasteiger partial charge >= 0.3 is 0 Å². The molecule has 102 valence electrons. The van der Waals surface area contributed by atoms with Crippen LogP contribution in [0.1, 0.15) is 10.4 Å². The molecule has 0 atom stereocenters. The molecule has 0 spiro atoms. The highest BCUT2D eigenvalue weighted by molar-refractivity contribution is 6.06. The summed E-state index contributed by atoms with van der Waals surface area (Å²) in [5.74, 6) is 0.981. The minimum atomic E-state index is -0.214. The Bertz CT molecular complexity index is 641. The number of nitrogen functional groups attached to an aromatic ring is 1. The third-order valence-corrected chi connectivity index (χ3v) is 3.00. The predicted molar refractivity (Wildman–Crippen MR) is 76.2 cm³/mol. The summed E-state index contributed by atoms with van der Waals surface area (Å²) in [6.45, 7) is 0.991. The second kappa shape index (κ2) is 5.13. The van der Waals surface area contributed by atoms with Gasteiger partial charge in [0.15, 0.2) is 11.5 Å². The van der Waals surface area contributed by atoms with E-state index in [4.69, 9.17) is 15.2 Å². The zero-order valence-corrected chi connectivity index (χ0v) is 10.8. The maximum Gasteiger partial charge on any atom is 0.255 e. The van der Waals surface area contributed by atoms with Crippen LogP contribution in [0.15, 0.2) is 42.5 Å². The van der Waals surface area contributed by atoms with E-state index in [2.05, 4.69) is 5.32 Å². The van der Waals surface area contributed by atoms with E-state index in [1.807, 2.05) is 18.2 Å². The molecule has 0 saturated heterocycles. The lowest BCUT2D eigenvalue weighted by Gasteiger charge is -2.20. The summed E-state index contributed by atoms with van der Waals surface area (Å²) in [4.78, 5) is 12.1. The molecule has 0 unspecified atom stereocenters. The summed E-state index contributed by atoms with van der Waals surface area (Å²) >= 11 is 0. The number of anilines is 2. The highest BCUT2D eigenvalue weighted by Gasteiger charge is 2.16. The normalized spacial score (nSPS) is 12.8. The van der Waals surface area contributed by atoms with Gasteiger partial charge < -0.3 is 20.5 Å². The number of hydrogen-bond donors (Lipinski definition) is 2. The van der Waals surface area contributed by atoms with Crippen molar-refractivity contribution < 1.29 is 14.3 Å². The summed E-state index contributed by atoms with van der Waals surface area (Å²) < 4.78 is 10.9. The van der Waals surface area contributed by atoms with Crippen molar-refractivity contribution in [2.24, 2.45) is 0 Å². The van der Waals surface area contributed by atoms with Crippen molar-refractivity contribution in [1.29, 1.82) is 0 Å². The molecule has 0 aliphatic carbocycles. The SMILES string of the molecule is Nc1cc2c(cc1NC(=O)c1ccccc1)OCCO2. The fraction of sp³-hybridized carbons (Fsp3) is 0.133. The Hall–Kier alpha value is -2.69. The molecule has 0 radical (unpaired) electrons. The average molecular weight is 270 g/mol. The van der Waals surface area contributed by atoms with Crippen molar-refractivity contribution in [3.8, 4) is 11.5 Å². The quantitative estimate of drug-likeness (QED) is 0.821. The van der Waals surface area contributed by atoms with E-state index in [1.54, 1.807) is 24.3 Å². The maximum absolute atomic E-state index is 12.1. The van der Waals surface area contributed by atoms with E-state index >= 15 is 0 Å². The lowest BCUT2D eigenvalue weighted by Crippen LogP contribution is -2.17. The Morgan fingerprint density at radius 1 is 1.05 bits per heavy atom. The summed E-state index contributed by atoms with van der Waals surface area (Å²) in [6, 6.07) is 12.3. The van der Waals surface area contributed by atoms with Crippen molar-refractivity contribution >= 4 is 17.3 Å². The molecule has 2 aromatic carbocycles. The van der Waals surface area contributed by atoms with Gasteiger partial charge in [0.2, 0.25) is 0 Å². The van der Waals surface area contributed by atoms with E-state index < -0.39 is 0 Å². The van der Waals surface area contributed by atoms with Crippen molar-refractivity contribution in [2.75, 3.05) is 24.3 Å². The Morgan fingerprint density at radius 3 is 2.40 bits per heavy atom. The first-order valence-electron chi connectivity index (χ1n) is 6.29. The Labute approximate surface area is 116 Å². The first kappa shape index (κ1) is 12.3. The van der Waals surface area contributed by atoms with Gasteiger partial charge in [0, 0.05) is 17.7 Å². The van der Waals surface area contributed by atoms with Crippen LogP contribution in [-0.2, 0) is 0 Å². The van der Waals surface area contributed by atoms with Crippen LogP contribution in [-0.4, -0.2) is 19.1 Å². The number of ether oxygens (including phenoxy) is 2. The summed E-state index contributed by atoms with van der Waals surface area (Å²) in [7, 11) is 0. The summed E-state index contributed by atoms with van der Waals surface area (Å²) in [6.07, 6.45) is 0. The fourth-order valence-electron chi connectivity index (χ4n) is 2.00. The minimum absolute atomic E-state index is 0.214. The third-order valence-electron chi connectivity index (χ3n) is 3.00. The summed E-state index contributed by atoms with van der Waals surface area (Å²) in [5.41, 5.74) is 7.45. The highest BCUT2D eigenvalue weighted by Crippen LogP contribution is 2.37. The lowest BCUT2D eigenvalue weighted by molar-refractivity contribution is 0.102. The van der Waals surface area contributed by atoms with Crippen molar-refractivity contribution in [2.45, 2.75) is 0 Å². The monoisotopic (exact) mass is 270 g/mol. The van der Waals surface area contributed by atoms with Gasteiger partial charge in [-0.1, -0.05) is 18.2 Å². The standard InChI is InChI=1S/C15H14N2O3/c16-11-8-13-14(20-7-6-19-13)9-12(11)17-15(18)10-4-2-1-3-5-10/h1-5,8-9H,6-7,16H2,(H,17,18). The fourth-order valence-corrected chi connectivity index (χ4v) is 2.00. The number of nitrogens with two attached hydrogens (primary N) is 1. The van der Waals surface area contributed by atoms with Crippen LogP contribution >= 0.6 is 0 Å². The molecule has 3 rings (SSSR count). The van der Waals surface area contributed by atoms with Gasteiger partial charge in [0.05, 0.1) is 11.4 Å². The van der Waals surface area contributed by atoms with Crippen LogP contribution in [0.4, 0.5) is 11.4 Å². The number of benzene rings is 2. The van der Waals surface area contributed by atoms with Crippen LogP contribution < -0.4 is 20.5 Å². The van der Waals surface area contributed by atoms with Crippen LogP contribution in [0.5, 0.6) is 11.5 Å². The van der Waals surface area contributed by atoms with Gasteiger partial charge in [-0.25, -0.2) is 0 Å². The van der Waals surface area contributed by atoms with Gasteiger partial charge in [-0.05, 0) is 12.1 Å². The highest BCUT2D eigenvalue weighted by atomic mass is 16.6. The molecular weight excluding hydrogens is 256 g/mol. The van der Waals surface area contributed by atoms with E-state index in [1.165, 1.54) is 0 Å². The number of hydrogen-bond acceptors (Lipinski definition) is 4. The minimum Gasteiger partial charge on any atom is -0.486 e. The zero-order chi connectivity index (χ0) is 13.9. The molecule has 5 heteroatoms. The summed E-state index contributed by atoms with van der Waals surface area (Å²) in [5, 5.41) is 2.78. The van der Waals surface area contributed by atoms with E-state index in [0.29, 0.717) is 41.7 Å². The van der Waals surface area contributed by atoms with Crippen LogP contribution in [0.3, 0.4) is 0 Å². The van der Waals surface area contributed by atoms with Gasteiger partial charge in [-0.2, -0.15) is 0 Å². The number of fused-ring (bicyclic) bond motifs is 1. The first-order chi connectivity index (χ1) is 9.74. The molecule has 0 aromatic heterocycles. The Balaban J connectivity index is 1.86. The molecular formula is C15H14N2O3. The van der Waals surface area contributed by atoms with Crippen molar-refractivity contribution in [3.05, 3.63) is 48.0 Å². The second-order valence-electron chi connectivity index (χ2n) is 4.40. The van der Waals surface area contributed by atoms with E-state index in [0.717, 1.165) is 0 Å². The topological polar surface area (TPSA) is 73.6 Å². The molecule has 5 nitrogen and oxygen atoms in total. The maximum atomic E-state index is 12.1. The molecule has 1 heterocycles. The molecule has 0 fully saturated rings. The van der Waals surface area contributed by atoms with E-state index in [9.17, 15) is 4.79 Å². The first-order valence-corrected chi connectivity index (χ1v) is 6.29. The van der Waals surface area contributed by atoms with Gasteiger partial charge in [-0.3, -0.25) is 4.79 Å². The molecule has 1 aliphatic rings. The smallest absolute Gasteiger partial charge is 0.255 e. The number of carbonyl (C=O) groups is 1. The van der Waals surface area contributed by atoms with Crippen LogP contribution in [0, 0.1) is 0 Å². The zero-order valence-electron chi connectivity index (χ0n) is 10.8. The van der Waals surface area contributed by atoms with Crippen LogP contribution in [0.25, 0.3) is 0 Å². The van der Waals surface area contributed by atoms with Crippen molar-refractivity contribution in [1.82, 2.24) is 0 Å². The molecule has 1 amide bonds.